The second kappa shape index (κ2) is 11.9. The number of benzene rings is 2. The van der Waals surface area contributed by atoms with E-state index in [1.165, 1.54) is 18.2 Å². The van der Waals surface area contributed by atoms with Gasteiger partial charge >= 0.3 is 0 Å². The molecule has 9 heteroatoms. The zero-order valence-corrected chi connectivity index (χ0v) is 20.2. The van der Waals surface area contributed by atoms with Crippen LogP contribution in [0.25, 0.3) is 6.08 Å². The summed E-state index contributed by atoms with van der Waals surface area (Å²) in [4.78, 5) is 12.3. The molecule has 176 valence electrons. The molecule has 1 aliphatic rings. The van der Waals surface area contributed by atoms with Gasteiger partial charge in [0.1, 0.15) is 5.75 Å². The van der Waals surface area contributed by atoms with Gasteiger partial charge in [-0.15, -0.1) is 0 Å². The van der Waals surface area contributed by atoms with E-state index in [4.69, 9.17) is 17.0 Å². The maximum absolute atomic E-state index is 12.6. The van der Waals surface area contributed by atoms with Gasteiger partial charge in [0, 0.05) is 17.8 Å². The third-order valence-electron chi connectivity index (χ3n) is 5.20. The lowest BCUT2D eigenvalue weighted by atomic mass is 9.96. The number of rotatable bonds is 8. The zero-order valence-electron chi connectivity index (χ0n) is 18.5. The lowest BCUT2D eigenvalue weighted by Crippen LogP contribution is -2.36. The molecule has 0 bridgehead atoms. The molecule has 2 aromatic carbocycles. The van der Waals surface area contributed by atoms with Crippen LogP contribution in [0.15, 0.2) is 59.5 Å². The predicted octanol–water partition coefficient (Wildman–Crippen LogP) is 4.22. The first-order chi connectivity index (χ1) is 15.9. The Morgan fingerprint density at radius 1 is 1.06 bits per heavy atom. The summed E-state index contributed by atoms with van der Waals surface area (Å²) in [5.41, 5.74) is 1.43. The Morgan fingerprint density at radius 2 is 1.73 bits per heavy atom. The van der Waals surface area contributed by atoms with Crippen LogP contribution in [0.3, 0.4) is 0 Å². The number of ether oxygens (including phenoxy) is 1. The Kier molecular flexibility index (Phi) is 8.99. The average Bonchev–Trinajstić information content (AvgIpc) is 2.79. The lowest BCUT2D eigenvalue weighted by molar-refractivity contribution is -0.115. The van der Waals surface area contributed by atoms with Crippen LogP contribution in [0.1, 0.15) is 44.6 Å². The Bertz CT molecular complexity index is 1080. The van der Waals surface area contributed by atoms with Crippen molar-refractivity contribution in [3.8, 4) is 5.75 Å². The molecule has 0 aromatic heterocycles. The van der Waals surface area contributed by atoms with Crippen molar-refractivity contribution in [2.24, 2.45) is 0 Å². The molecule has 0 spiro atoms. The van der Waals surface area contributed by atoms with Gasteiger partial charge in [-0.2, -0.15) is 0 Å². The van der Waals surface area contributed by atoms with Crippen LogP contribution < -0.4 is 20.1 Å². The van der Waals surface area contributed by atoms with Crippen molar-refractivity contribution in [2.75, 3.05) is 11.9 Å². The highest BCUT2D eigenvalue weighted by molar-refractivity contribution is 7.89. The molecule has 0 aliphatic heterocycles. The number of anilines is 1. The minimum Gasteiger partial charge on any atom is -0.494 e. The molecule has 3 rings (SSSR count). The van der Waals surface area contributed by atoms with E-state index < -0.39 is 10.0 Å². The van der Waals surface area contributed by atoms with E-state index in [-0.39, 0.29) is 22.0 Å². The van der Waals surface area contributed by atoms with Gasteiger partial charge in [0.2, 0.25) is 15.9 Å². The molecular formula is C24H29N3O4S2. The van der Waals surface area contributed by atoms with E-state index in [1.54, 1.807) is 18.2 Å². The molecule has 7 nitrogen and oxygen atoms in total. The van der Waals surface area contributed by atoms with Crippen LogP contribution in [0.2, 0.25) is 0 Å². The van der Waals surface area contributed by atoms with Crippen molar-refractivity contribution in [3.63, 3.8) is 0 Å². The fraction of sp³-hybridized carbons (Fsp3) is 0.333. The molecule has 3 N–H and O–H groups in total. The molecule has 1 aliphatic carbocycles. The molecule has 0 saturated heterocycles. The second-order valence-corrected chi connectivity index (χ2v) is 9.88. The number of sulfonamides is 1. The third kappa shape index (κ3) is 7.96. The molecule has 2 aromatic rings. The molecule has 1 fully saturated rings. The molecular weight excluding hydrogens is 458 g/mol. The van der Waals surface area contributed by atoms with E-state index in [9.17, 15) is 13.2 Å². The summed E-state index contributed by atoms with van der Waals surface area (Å²) in [6.07, 6.45) is 8.07. The predicted molar refractivity (Wildman–Crippen MR) is 135 cm³/mol. The minimum absolute atomic E-state index is 0.00000677. The Balaban J connectivity index is 1.50. The summed E-state index contributed by atoms with van der Waals surface area (Å²) in [6.45, 7) is 2.51. The van der Waals surface area contributed by atoms with Crippen LogP contribution in [-0.4, -0.2) is 32.1 Å². The van der Waals surface area contributed by atoms with Crippen molar-refractivity contribution in [1.82, 2.24) is 10.0 Å². The number of hydrogen-bond acceptors (Lipinski definition) is 5. The lowest BCUT2D eigenvalue weighted by Gasteiger charge is -2.22. The van der Waals surface area contributed by atoms with Gasteiger partial charge in [-0.1, -0.05) is 31.4 Å². The Labute approximate surface area is 200 Å². The van der Waals surface area contributed by atoms with Crippen LogP contribution in [0, 0.1) is 0 Å². The van der Waals surface area contributed by atoms with E-state index in [0.29, 0.717) is 12.3 Å². The van der Waals surface area contributed by atoms with E-state index in [1.807, 2.05) is 31.2 Å². The van der Waals surface area contributed by atoms with Crippen molar-refractivity contribution in [1.29, 1.82) is 0 Å². The highest BCUT2D eigenvalue weighted by Gasteiger charge is 2.21. The smallest absolute Gasteiger partial charge is 0.250 e. The van der Waals surface area contributed by atoms with Gasteiger partial charge in [-0.25, -0.2) is 13.1 Å². The Hall–Kier alpha value is -2.75. The number of amides is 1. The van der Waals surface area contributed by atoms with Crippen molar-refractivity contribution < 1.29 is 17.9 Å². The number of thiocarbonyl (C=S) groups is 1. The van der Waals surface area contributed by atoms with Gasteiger partial charge in [0.05, 0.1) is 11.5 Å². The van der Waals surface area contributed by atoms with E-state index in [0.717, 1.165) is 43.4 Å². The molecule has 0 unspecified atom stereocenters. The fourth-order valence-corrected chi connectivity index (χ4v) is 5.08. The monoisotopic (exact) mass is 487 g/mol. The molecule has 1 amide bonds. The number of nitrogens with one attached hydrogen (secondary N) is 3. The molecule has 0 heterocycles. The average molecular weight is 488 g/mol. The van der Waals surface area contributed by atoms with Gasteiger partial charge in [0.25, 0.3) is 0 Å². The standard InChI is InChI=1S/C24H29N3O4S2/c1-2-31-21-13-8-18(9-14-21)10-17-23(28)26-24(32)25-19-11-15-22(16-12-19)33(29,30)27-20-6-4-3-5-7-20/h8-17,20,27H,2-7H2,1H3,(H2,25,26,28,32)/b17-10+. The van der Waals surface area contributed by atoms with E-state index >= 15 is 0 Å². The van der Waals surface area contributed by atoms with Gasteiger partial charge in [0.15, 0.2) is 5.11 Å². The molecule has 1 saturated carbocycles. The quantitative estimate of drug-likeness (QED) is 0.381. The number of carbonyl (C=O) groups excluding carboxylic acids is 1. The number of hydrogen-bond donors (Lipinski definition) is 3. The third-order valence-corrected chi connectivity index (χ3v) is 6.94. The first-order valence-electron chi connectivity index (χ1n) is 11.0. The summed E-state index contributed by atoms with van der Waals surface area (Å²) in [5, 5.41) is 5.57. The molecule has 33 heavy (non-hydrogen) atoms. The van der Waals surface area contributed by atoms with Crippen molar-refractivity contribution in [3.05, 3.63) is 60.2 Å². The summed E-state index contributed by atoms with van der Waals surface area (Å²) in [5.74, 6) is 0.394. The molecule has 0 radical (unpaired) electrons. The maximum Gasteiger partial charge on any atom is 0.250 e. The summed E-state index contributed by atoms with van der Waals surface area (Å²) < 4.78 is 33.4. The fourth-order valence-electron chi connectivity index (χ4n) is 3.55. The molecule has 0 atom stereocenters. The highest BCUT2D eigenvalue weighted by atomic mass is 32.2. The van der Waals surface area contributed by atoms with Gasteiger partial charge < -0.3 is 10.1 Å². The Morgan fingerprint density at radius 3 is 2.36 bits per heavy atom. The first-order valence-corrected chi connectivity index (χ1v) is 12.9. The van der Waals surface area contributed by atoms with Crippen LogP contribution >= 0.6 is 12.2 Å². The zero-order chi connectivity index (χ0) is 23.7. The SMILES string of the molecule is CCOc1ccc(/C=C/C(=O)NC(=S)Nc2ccc(S(=O)(=O)NC3CCCCC3)cc2)cc1. The normalized spacial score (nSPS) is 14.7. The maximum atomic E-state index is 12.6. The minimum atomic E-state index is -3.56. The van der Waals surface area contributed by atoms with E-state index in [2.05, 4.69) is 15.4 Å². The second-order valence-electron chi connectivity index (χ2n) is 7.76. The number of carbonyl (C=O) groups is 1. The van der Waals surface area contributed by atoms with Gasteiger partial charge in [-0.3, -0.25) is 10.1 Å². The largest absolute Gasteiger partial charge is 0.494 e. The summed E-state index contributed by atoms with van der Waals surface area (Å²) >= 11 is 5.18. The van der Waals surface area contributed by atoms with Crippen LogP contribution in [0.5, 0.6) is 5.75 Å². The highest BCUT2D eigenvalue weighted by Crippen LogP contribution is 2.21. The van der Waals surface area contributed by atoms with Crippen molar-refractivity contribution in [2.45, 2.75) is 50.0 Å². The summed E-state index contributed by atoms with van der Waals surface area (Å²) in [7, 11) is -3.56. The van der Waals surface area contributed by atoms with Crippen LogP contribution in [-0.2, 0) is 14.8 Å². The first kappa shape index (κ1) is 24.9. The van der Waals surface area contributed by atoms with Gasteiger partial charge in [-0.05, 0) is 80.0 Å². The van der Waals surface area contributed by atoms with Crippen molar-refractivity contribution >= 4 is 45.0 Å². The summed E-state index contributed by atoms with van der Waals surface area (Å²) in [6, 6.07) is 13.6. The van der Waals surface area contributed by atoms with Crippen LogP contribution in [0.4, 0.5) is 5.69 Å². The topological polar surface area (TPSA) is 96.5 Å².